The molecule has 0 saturated carbocycles. The van der Waals surface area contributed by atoms with Crippen molar-refractivity contribution in [3.63, 3.8) is 0 Å². The largest absolute Gasteiger partial charge is 0.397 e. The Morgan fingerprint density at radius 1 is 1.42 bits per heavy atom. The van der Waals surface area contributed by atoms with E-state index in [4.69, 9.17) is 5.73 Å². The summed E-state index contributed by atoms with van der Waals surface area (Å²) in [6.45, 7) is 5.14. The lowest BCUT2D eigenvalue weighted by molar-refractivity contribution is 0.0739. The van der Waals surface area contributed by atoms with Crippen LogP contribution in [0.3, 0.4) is 0 Å². The van der Waals surface area contributed by atoms with E-state index >= 15 is 0 Å². The smallest absolute Gasteiger partial charge is 0.270 e. The molecule has 1 aliphatic heterocycles. The third-order valence-corrected chi connectivity index (χ3v) is 3.96. The molecule has 2 atom stereocenters. The zero-order chi connectivity index (χ0) is 13.6. The number of nitrogens with zero attached hydrogens (tertiary/aromatic N) is 1. The van der Waals surface area contributed by atoms with E-state index in [1.807, 2.05) is 29.2 Å². The quantitative estimate of drug-likeness (QED) is 0.771. The van der Waals surface area contributed by atoms with Crippen LogP contribution in [0.4, 0.5) is 5.69 Å². The van der Waals surface area contributed by atoms with E-state index in [1.54, 1.807) is 0 Å². The van der Waals surface area contributed by atoms with Gasteiger partial charge in [0, 0.05) is 18.0 Å². The van der Waals surface area contributed by atoms with Gasteiger partial charge in [0.05, 0.1) is 11.2 Å². The van der Waals surface area contributed by atoms with Gasteiger partial charge in [-0.05, 0) is 31.4 Å². The van der Waals surface area contributed by atoms with Crippen molar-refractivity contribution in [2.24, 2.45) is 5.92 Å². The molecule has 0 aliphatic carbocycles. The van der Waals surface area contributed by atoms with E-state index in [9.17, 15) is 4.79 Å². The first-order valence-electron chi connectivity index (χ1n) is 6.74. The number of anilines is 1. The highest BCUT2D eigenvalue weighted by atomic mass is 16.2. The van der Waals surface area contributed by atoms with E-state index in [0.29, 0.717) is 23.3 Å². The van der Waals surface area contributed by atoms with E-state index in [2.05, 4.69) is 18.8 Å². The number of hydrogen-bond donors (Lipinski definition) is 2. The minimum absolute atomic E-state index is 0.0763. The molecule has 0 radical (unpaired) electrons. The minimum atomic E-state index is 0.0763. The van der Waals surface area contributed by atoms with Gasteiger partial charge in [-0.1, -0.05) is 19.1 Å². The van der Waals surface area contributed by atoms with E-state index in [1.165, 1.54) is 0 Å². The predicted octanol–water partition coefficient (Wildman–Crippen LogP) is 2.62. The molecule has 2 aromatic rings. The summed E-state index contributed by atoms with van der Waals surface area (Å²) < 4.78 is 0. The molecule has 19 heavy (non-hydrogen) atoms. The predicted molar refractivity (Wildman–Crippen MR) is 77.0 cm³/mol. The van der Waals surface area contributed by atoms with Crippen molar-refractivity contribution in [2.45, 2.75) is 26.3 Å². The van der Waals surface area contributed by atoms with Crippen LogP contribution in [0, 0.1) is 5.92 Å². The average molecular weight is 257 g/mol. The van der Waals surface area contributed by atoms with Crippen molar-refractivity contribution in [3.05, 3.63) is 30.0 Å². The third-order valence-electron chi connectivity index (χ3n) is 3.96. The Morgan fingerprint density at radius 2 is 2.21 bits per heavy atom. The van der Waals surface area contributed by atoms with Crippen LogP contribution < -0.4 is 5.73 Å². The first kappa shape index (κ1) is 12.1. The standard InChI is InChI=1S/C15H19N3O/c1-9-6-10(2)18(8-9)15(19)13-7-11-4-3-5-12(16)14(11)17-13/h3-5,7,9-10,17H,6,8,16H2,1-2H3. The summed E-state index contributed by atoms with van der Waals surface area (Å²) >= 11 is 0. The fourth-order valence-electron chi connectivity index (χ4n) is 3.03. The van der Waals surface area contributed by atoms with E-state index < -0.39 is 0 Å². The summed E-state index contributed by atoms with van der Waals surface area (Å²) in [5.41, 5.74) is 8.08. The summed E-state index contributed by atoms with van der Waals surface area (Å²) in [5.74, 6) is 0.654. The summed E-state index contributed by atoms with van der Waals surface area (Å²) in [4.78, 5) is 17.6. The molecule has 3 N–H and O–H groups in total. The number of H-pyrrole nitrogens is 1. The van der Waals surface area contributed by atoms with Gasteiger partial charge in [-0.3, -0.25) is 4.79 Å². The highest BCUT2D eigenvalue weighted by Crippen LogP contribution is 2.26. The number of rotatable bonds is 1. The fourth-order valence-corrected chi connectivity index (χ4v) is 3.03. The molecular formula is C15H19N3O. The van der Waals surface area contributed by atoms with Gasteiger partial charge in [0.25, 0.3) is 5.91 Å². The van der Waals surface area contributed by atoms with Crippen molar-refractivity contribution in [1.82, 2.24) is 9.88 Å². The van der Waals surface area contributed by atoms with Crippen LogP contribution in [0.1, 0.15) is 30.8 Å². The molecule has 1 aromatic heterocycles. The van der Waals surface area contributed by atoms with Gasteiger partial charge in [0.2, 0.25) is 0 Å². The van der Waals surface area contributed by atoms with Crippen LogP contribution >= 0.6 is 0 Å². The number of aromatic nitrogens is 1. The van der Waals surface area contributed by atoms with Crippen molar-refractivity contribution >= 4 is 22.5 Å². The summed E-state index contributed by atoms with van der Waals surface area (Å²) in [7, 11) is 0. The lowest BCUT2D eigenvalue weighted by Gasteiger charge is -2.20. The molecule has 2 unspecified atom stereocenters. The Hall–Kier alpha value is -1.97. The van der Waals surface area contributed by atoms with Crippen LogP contribution in [0.2, 0.25) is 0 Å². The van der Waals surface area contributed by atoms with Crippen LogP contribution in [0.25, 0.3) is 10.9 Å². The zero-order valence-electron chi connectivity index (χ0n) is 11.3. The molecule has 1 saturated heterocycles. The molecule has 4 heteroatoms. The molecule has 2 heterocycles. The van der Waals surface area contributed by atoms with E-state index in [-0.39, 0.29) is 5.91 Å². The molecule has 0 spiro atoms. The van der Waals surface area contributed by atoms with Crippen LogP contribution in [0.5, 0.6) is 0 Å². The summed E-state index contributed by atoms with van der Waals surface area (Å²) in [5, 5.41) is 0.989. The second-order valence-corrected chi connectivity index (χ2v) is 5.64. The Labute approximate surface area is 112 Å². The normalized spacial score (nSPS) is 23.2. The fraction of sp³-hybridized carbons (Fsp3) is 0.400. The van der Waals surface area contributed by atoms with Gasteiger partial charge in [-0.15, -0.1) is 0 Å². The Balaban J connectivity index is 1.96. The maximum Gasteiger partial charge on any atom is 0.270 e. The molecule has 100 valence electrons. The van der Waals surface area contributed by atoms with Gasteiger partial charge >= 0.3 is 0 Å². The second-order valence-electron chi connectivity index (χ2n) is 5.64. The lowest BCUT2D eigenvalue weighted by Crippen LogP contribution is -2.34. The number of aromatic amines is 1. The molecular weight excluding hydrogens is 238 g/mol. The summed E-state index contributed by atoms with van der Waals surface area (Å²) in [6, 6.07) is 7.92. The number of para-hydroxylation sites is 1. The van der Waals surface area contributed by atoms with Crippen molar-refractivity contribution < 1.29 is 4.79 Å². The van der Waals surface area contributed by atoms with Gasteiger partial charge in [-0.2, -0.15) is 0 Å². The number of carbonyl (C=O) groups excluding carboxylic acids is 1. The number of nitrogens with two attached hydrogens (primary N) is 1. The maximum atomic E-state index is 12.5. The number of likely N-dealkylation sites (tertiary alicyclic amines) is 1. The zero-order valence-corrected chi connectivity index (χ0v) is 11.3. The molecule has 1 amide bonds. The van der Waals surface area contributed by atoms with Crippen LogP contribution in [-0.2, 0) is 0 Å². The van der Waals surface area contributed by atoms with Gasteiger partial charge in [0.15, 0.2) is 0 Å². The first-order chi connectivity index (χ1) is 9.06. The van der Waals surface area contributed by atoms with Crippen molar-refractivity contribution in [2.75, 3.05) is 12.3 Å². The molecule has 4 nitrogen and oxygen atoms in total. The number of fused-ring (bicyclic) bond motifs is 1. The van der Waals surface area contributed by atoms with Crippen molar-refractivity contribution in [3.8, 4) is 0 Å². The monoisotopic (exact) mass is 257 g/mol. The molecule has 1 aliphatic rings. The van der Waals surface area contributed by atoms with Gasteiger partial charge < -0.3 is 15.6 Å². The van der Waals surface area contributed by atoms with E-state index in [0.717, 1.165) is 23.9 Å². The van der Waals surface area contributed by atoms with Crippen molar-refractivity contribution in [1.29, 1.82) is 0 Å². The maximum absolute atomic E-state index is 12.5. The number of nitrogens with one attached hydrogen (secondary N) is 1. The lowest BCUT2D eigenvalue weighted by atomic mass is 10.1. The number of hydrogen-bond acceptors (Lipinski definition) is 2. The first-order valence-corrected chi connectivity index (χ1v) is 6.74. The Morgan fingerprint density at radius 3 is 2.84 bits per heavy atom. The number of amides is 1. The SMILES string of the molecule is CC1CC(C)N(C(=O)c2cc3cccc(N)c3[nH]2)C1. The molecule has 1 fully saturated rings. The second kappa shape index (κ2) is 4.30. The van der Waals surface area contributed by atoms with Gasteiger partial charge in [-0.25, -0.2) is 0 Å². The molecule has 0 bridgehead atoms. The minimum Gasteiger partial charge on any atom is -0.397 e. The van der Waals surface area contributed by atoms with Crippen LogP contribution in [-0.4, -0.2) is 28.4 Å². The highest BCUT2D eigenvalue weighted by molar-refractivity contribution is 6.01. The molecule has 1 aromatic carbocycles. The number of carbonyl (C=O) groups is 1. The Kier molecular flexibility index (Phi) is 2.73. The molecule has 3 rings (SSSR count). The topological polar surface area (TPSA) is 62.1 Å². The van der Waals surface area contributed by atoms with Gasteiger partial charge in [0.1, 0.15) is 5.69 Å². The number of nitrogen functional groups attached to an aromatic ring is 1. The third kappa shape index (κ3) is 1.97. The number of benzene rings is 1. The Bertz CT molecular complexity index is 631. The average Bonchev–Trinajstić information content (AvgIpc) is 2.93. The highest BCUT2D eigenvalue weighted by Gasteiger charge is 2.31. The van der Waals surface area contributed by atoms with Crippen LogP contribution in [0.15, 0.2) is 24.3 Å². The summed E-state index contributed by atoms with van der Waals surface area (Å²) in [6.07, 6.45) is 1.08.